The number of carbonyl (C=O) groups excluding carboxylic acids is 1. The predicted octanol–water partition coefficient (Wildman–Crippen LogP) is 4.04. The first-order valence-corrected chi connectivity index (χ1v) is 9.61. The summed E-state index contributed by atoms with van der Waals surface area (Å²) in [6, 6.07) is 3.95. The first-order valence-electron chi connectivity index (χ1n) is 9.61. The molecule has 1 amide bonds. The maximum atomic E-state index is 13.8. The number of amides is 1. The van der Waals surface area contributed by atoms with E-state index < -0.39 is 12.3 Å². The number of benzene rings is 1. The summed E-state index contributed by atoms with van der Waals surface area (Å²) in [5.41, 5.74) is 6.54. The number of rotatable bonds is 9. The topological polar surface area (TPSA) is 106 Å². The van der Waals surface area contributed by atoms with E-state index in [2.05, 4.69) is 40.0 Å². The zero-order chi connectivity index (χ0) is 24.5. The van der Waals surface area contributed by atoms with Crippen molar-refractivity contribution in [3.05, 3.63) is 78.2 Å². The van der Waals surface area contributed by atoms with E-state index in [0.717, 1.165) is 6.07 Å². The molecule has 33 heavy (non-hydrogen) atoms. The number of ether oxygens (including phenoxy) is 1. The van der Waals surface area contributed by atoms with Gasteiger partial charge in [0.15, 0.2) is 11.5 Å². The molecule has 0 unspecified atom stereocenters. The molecule has 0 radical (unpaired) electrons. The lowest BCUT2D eigenvalue weighted by molar-refractivity contribution is 0.0827. The van der Waals surface area contributed by atoms with Gasteiger partial charge in [-0.2, -0.15) is 5.10 Å². The van der Waals surface area contributed by atoms with Crippen LogP contribution in [0.3, 0.4) is 0 Å². The summed E-state index contributed by atoms with van der Waals surface area (Å²) in [6.45, 7) is 10.6. The van der Waals surface area contributed by atoms with E-state index in [1.54, 1.807) is 18.2 Å². The molecule has 2 N–H and O–H groups in total. The van der Waals surface area contributed by atoms with Gasteiger partial charge in [-0.25, -0.2) is 18.7 Å². The molecule has 1 aromatic heterocycles. The van der Waals surface area contributed by atoms with Gasteiger partial charge in [-0.05, 0) is 17.7 Å². The van der Waals surface area contributed by atoms with E-state index in [1.165, 1.54) is 37.3 Å². The van der Waals surface area contributed by atoms with Crippen molar-refractivity contribution in [3.8, 4) is 11.3 Å². The molecule has 172 valence electrons. The monoisotopic (exact) mass is 454 g/mol. The van der Waals surface area contributed by atoms with Crippen LogP contribution in [0.25, 0.3) is 11.3 Å². The number of hydrogen-bond donors (Lipinski definition) is 1. The summed E-state index contributed by atoms with van der Waals surface area (Å²) >= 11 is 0. The second-order valence-corrected chi connectivity index (χ2v) is 6.81. The van der Waals surface area contributed by atoms with Crippen LogP contribution in [-0.4, -0.2) is 54.1 Å². The number of nitrogens with zero attached hydrogens (tertiary/aromatic N) is 5. The average Bonchev–Trinajstić information content (AvgIpc) is 2.80. The Balaban J connectivity index is 2.54. The first-order chi connectivity index (χ1) is 15.7. The molecule has 0 atom stereocenters. The fourth-order valence-corrected chi connectivity index (χ4v) is 2.74. The minimum absolute atomic E-state index is 0.00410. The number of alkyl halides is 2. The molecule has 0 saturated heterocycles. The van der Waals surface area contributed by atoms with Crippen LogP contribution in [0, 0.1) is 0 Å². The highest BCUT2D eigenvalue weighted by molar-refractivity contribution is 5.97. The van der Waals surface area contributed by atoms with Gasteiger partial charge in [0.2, 0.25) is 0 Å². The van der Waals surface area contributed by atoms with Gasteiger partial charge in [0.05, 0.1) is 11.9 Å². The van der Waals surface area contributed by atoms with Crippen LogP contribution in [0.1, 0.15) is 28.0 Å². The van der Waals surface area contributed by atoms with Crippen LogP contribution in [0.4, 0.5) is 14.6 Å². The van der Waals surface area contributed by atoms with Crippen molar-refractivity contribution >= 4 is 24.3 Å². The second-order valence-electron chi connectivity index (χ2n) is 6.81. The fourth-order valence-electron chi connectivity index (χ4n) is 2.74. The number of allylic oxidation sites excluding steroid dienone is 2. The molecule has 0 aliphatic carbocycles. The average molecular weight is 454 g/mol. The van der Waals surface area contributed by atoms with E-state index in [-0.39, 0.29) is 46.4 Å². The van der Waals surface area contributed by atoms with Gasteiger partial charge in [-0.3, -0.25) is 4.79 Å². The summed E-state index contributed by atoms with van der Waals surface area (Å²) in [6.07, 6.45) is 3.20. The summed E-state index contributed by atoms with van der Waals surface area (Å²) in [5, 5.41) is 7.27. The number of nitrogen functional groups attached to an aromatic ring is 1. The Morgan fingerprint density at radius 2 is 2.06 bits per heavy atom. The number of anilines is 1. The van der Waals surface area contributed by atoms with Crippen LogP contribution < -0.4 is 5.73 Å². The smallest absolute Gasteiger partial charge is 0.264 e. The third-order valence-corrected chi connectivity index (χ3v) is 4.35. The minimum Gasteiger partial charge on any atom is -0.470 e. The standard InChI is InChI=1S/C23H24F2N6O2/c1-6-8-14(7-2)13-33-22(30-27-3)19-21(26)28-12-18(29-19)16-10-9-15(23(32)31(4)5)11-17(16)20(24)25/h6-12,20H,1-3,13H2,4-5H3,(H2,26,28)/b14-8+,30-22-. The van der Waals surface area contributed by atoms with E-state index in [9.17, 15) is 13.6 Å². The van der Waals surface area contributed by atoms with Gasteiger partial charge in [0.1, 0.15) is 6.61 Å². The molecule has 2 aromatic rings. The van der Waals surface area contributed by atoms with Crippen LogP contribution in [0.5, 0.6) is 0 Å². The normalized spacial score (nSPS) is 11.8. The number of halogens is 2. The highest BCUT2D eigenvalue weighted by Crippen LogP contribution is 2.32. The molecule has 0 saturated carbocycles. The Morgan fingerprint density at radius 3 is 2.64 bits per heavy atom. The van der Waals surface area contributed by atoms with Crippen molar-refractivity contribution in [2.45, 2.75) is 6.43 Å². The van der Waals surface area contributed by atoms with Gasteiger partial charge in [0.25, 0.3) is 18.2 Å². The molecular weight excluding hydrogens is 430 g/mol. The third-order valence-electron chi connectivity index (χ3n) is 4.35. The van der Waals surface area contributed by atoms with Crippen LogP contribution in [-0.2, 0) is 4.74 Å². The zero-order valence-corrected chi connectivity index (χ0v) is 18.3. The molecule has 0 aliphatic heterocycles. The lowest BCUT2D eigenvalue weighted by Gasteiger charge is -2.15. The van der Waals surface area contributed by atoms with Crippen molar-refractivity contribution in [2.24, 2.45) is 10.2 Å². The van der Waals surface area contributed by atoms with Gasteiger partial charge in [0, 0.05) is 37.5 Å². The Bertz CT molecular complexity index is 1130. The summed E-state index contributed by atoms with van der Waals surface area (Å²) in [7, 11) is 3.07. The van der Waals surface area contributed by atoms with Crippen LogP contribution in [0.15, 0.2) is 71.6 Å². The van der Waals surface area contributed by atoms with E-state index in [4.69, 9.17) is 10.5 Å². The lowest BCUT2D eigenvalue weighted by atomic mass is 10.0. The number of carbonyl (C=O) groups is 1. The molecule has 0 spiro atoms. The lowest BCUT2D eigenvalue weighted by Crippen LogP contribution is -2.21. The first kappa shape index (κ1) is 25.1. The molecule has 1 heterocycles. The Labute approximate surface area is 190 Å². The number of nitrogens with two attached hydrogens (primary N) is 1. The Hall–Kier alpha value is -4.21. The van der Waals surface area contributed by atoms with E-state index in [1.807, 2.05) is 0 Å². The SMILES string of the molecule is C=C/C=C(\C=C)CO/C(=N\N=C)c1nc(-c2ccc(C(=O)N(C)C)cc2C(F)F)cnc1N. The number of hydrogen-bond acceptors (Lipinski definition) is 7. The van der Waals surface area contributed by atoms with Crippen LogP contribution in [0.2, 0.25) is 0 Å². The van der Waals surface area contributed by atoms with Crippen molar-refractivity contribution in [1.29, 1.82) is 0 Å². The maximum absolute atomic E-state index is 13.8. The molecule has 2 rings (SSSR count). The van der Waals surface area contributed by atoms with Gasteiger partial charge >= 0.3 is 0 Å². The minimum atomic E-state index is -2.86. The van der Waals surface area contributed by atoms with Gasteiger partial charge < -0.3 is 15.4 Å². The molecule has 0 bridgehead atoms. The van der Waals surface area contributed by atoms with Crippen molar-refractivity contribution in [2.75, 3.05) is 26.4 Å². The highest BCUT2D eigenvalue weighted by Gasteiger charge is 2.21. The van der Waals surface area contributed by atoms with Crippen LogP contribution >= 0.6 is 0 Å². The molecule has 0 fully saturated rings. The zero-order valence-electron chi connectivity index (χ0n) is 18.3. The number of aromatic nitrogens is 2. The summed E-state index contributed by atoms with van der Waals surface area (Å²) < 4.78 is 33.3. The largest absolute Gasteiger partial charge is 0.470 e. The van der Waals surface area contributed by atoms with Crippen molar-refractivity contribution < 1.29 is 18.3 Å². The maximum Gasteiger partial charge on any atom is 0.264 e. The fraction of sp³-hybridized carbons (Fsp3) is 0.174. The second kappa shape index (κ2) is 11.4. The molecular formula is C23H24F2N6O2. The van der Waals surface area contributed by atoms with Crippen molar-refractivity contribution in [1.82, 2.24) is 14.9 Å². The molecule has 0 aliphatic rings. The third kappa shape index (κ3) is 6.16. The van der Waals surface area contributed by atoms with Gasteiger partial charge in [-0.15, -0.1) is 5.10 Å². The summed E-state index contributed by atoms with van der Waals surface area (Å²) in [5.74, 6) is -0.559. The highest BCUT2D eigenvalue weighted by atomic mass is 19.3. The summed E-state index contributed by atoms with van der Waals surface area (Å²) in [4.78, 5) is 21.9. The Morgan fingerprint density at radius 1 is 1.33 bits per heavy atom. The molecule has 1 aromatic carbocycles. The van der Waals surface area contributed by atoms with Gasteiger partial charge in [-0.1, -0.05) is 37.5 Å². The molecule has 8 nitrogen and oxygen atoms in total. The Kier molecular flexibility index (Phi) is 8.67. The van der Waals surface area contributed by atoms with E-state index in [0.29, 0.717) is 5.57 Å². The predicted molar refractivity (Wildman–Crippen MR) is 125 cm³/mol. The van der Waals surface area contributed by atoms with Crippen molar-refractivity contribution in [3.63, 3.8) is 0 Å². The molecule has 10 heteroatoms. The van der Waals surface area contributed by atoms with E-state index >= 15 is 0 Å². The quantitative estimate of drug-likeness (QED) is 0.266.